The summed E-state index contributed by atoms with van der Waals surface area (Å²) in [5.41, 5.74) is 2.57. The first-order valence-corrected chi connectivity index (χ1v) is 10.1. The van der Waals surface area contributed by atoms with Crippen LogP contribution < -0.4 is 0 Å². The van der Waals surface area contributed by atoms with Crippen LogP contribution in [0.4, 0.5) is 0 Å². The quantitative estimate of drug-likeness (QED) is 0.641. The van der Waals surface area contributed by atoms with Gasteiger partial charge in [-0.05, 0) is 18.1 Å². The summed E-state index contributed by atoms with van der Waals surface area (Å²) in [6.07, 6.45) is 1.63. The van der Waals surface area contributed by atoms with E-state index < -0.39 is 10.0 Å². The van der Waals surface area contributed by atoms with E-state index in [-0.39, 0.29) is 4.90 Å². The van der Waals surface area contributed by atoms with Crippen molar-refractivity contribution in [3.8, 4) is 0 Å². The van der Waals surface area contributed by atoms with Gasteiger partial charge in [0.15, 0.2) is 0 Å². The summed E-state index contributed by atoms with van der Waals surface area (Å²) in [6.45, 7) is 4.89. The van der Waals surface area contributed by atoms with E-state index >= 15 is 0 Å². The SMILES string of the molecule is CCN(Cc1ccccc1)S(=O)(=O)c1cn(Cc2ccccc2)nc1C. The lowest BCUT2D eigenvalue weighted by molar-refractivity contribution is 0.423. The van der Waals surface area contributed by atoms with E-state index in [9.17, 15) is 8.42 Å². The number of hydrogen-bond acceptors (Lipinski definition) is 3. The Bertz CT molecular complexity index is 951. The molecule has 0 atom stereocenters. The molecule has 0 bridgehead atoms. The van der Waals surface area contributed by atoms with Gasteiger partial charge in [0.1, 0.15) is 4.90 Å². The molecule has 0 spiro atoms. The van der Waals surface area contributed by atoms with E-state index in [2.05, 4.69) is 5.10 Å². The minimum Gasteiger partial charge on any atom is -0.267 e. The molecule has 1 heterocycles. The van der Waals surface area contributed by atoms with Crippen LogP contribution in [0.2, 0.25) is 0 Å². The van der Waals surface area contributed by atoms with Gasteiger partial charge in [-0.3, -0.25) is 4.68 Å². The van der Waals surface area contributed by atoms with Crippen LogP contribution in [0.1, 0.15) is 23.7 Å². The number of nitrogens with zero attached hydrogens (tertiary/aromatic N) is 3. The summed E-state index contributed by atoms with van der Waals surface area (Å²) in [5.74, 6) is 0. The number of rotatable bonds is 7. The zero-order chi connectivity index (χ0) is 18.6. The molecule has 136 valence electrons. The zero-order valence-electron chi connectivity index (χ0n) is 15.0. The predicted octanol–water partition coefficient (Wildman–Crippen LogP) is 3.45. The van der Waals surface area contributed by atoms with Crippen LogP contribution in [0.3, 0.4) is 0 Å². The van der Waals surface area contributed by atoms with Crippen LogP contribution in [0, 0.1) is 6.92 Å². The van der Waals surface area contributed by atoms with Gasteiger partial charge in [0, 0.05) is 19.3 Å². The average Bonchev–Trinajstić information content (AvgIpc) is 3.02. The minimum atomic E-state index is -3.60. The third-order valence-electron chi connectivity index (χ3n) is 4.26. The topological polar surface area (TPSA) is 55.2 Å². The van der Waals surface area contributed by atoms with Crippen molar-refractivity contribution in [1.82, 2.24) is 14.1 Å². The third kappa shape index (κ3) is 4.03. The molecule has 5 nitrogen and oxygen atoms in total. The Balaban J connectivity index is 1.86. The van der Waals surface area contributed by atoms with Crippen LogP contribution in [0.5, 0.6) is 0 Å². The number of aromatic nitrogens is 2. The smallest absolute Gasteiger partial charge is 0.246 e. The van der Waals surface area contributed by atoms with Crippen LogP contribution in [-0.2, 0) is 23.1 Å². The van der Waals surface area contributed by atoms with Gasteiger partial charge in [-0.1, -0.05) is 67.6 Å². The molecule has 0 fully saturated rings. The fourth-order valence-corrected chi connectivity index (χ4v) is 4.50. The van der Waals surface area contributed by atoms with E-state index in [1.807, 2.05) is 67.6 Å². The lowest BCUT2D eigenvalue weighted by Gasteiger charge is -2.20. The summed E-state index contributed by atoms with van der Waals surface area (Å²) < 4.78 is 29.4. The first-order chi connectivity index (χ1) is 12.5. The van der Waals surface area contributed by atoms with E-state index in [4.69, 9.17) is 0 Å². The fraction of sp³-hybridized carbons (Fsp3) is 0.250. The maximum Gasteiger partial charge on any atom is 0.246 e. The summed E-state index contributed by atoms with van der Waals surface area (Å²) in [5, 5.41) is 4.41. The van der Waals surface area contributed by atoms with E-state index in [0.717, 1.165) is 11.1 Å². The van der Waals surface area contributed by atoms with Gasteiger partial charge in [0.2, 0.25) is 10.0 Å². The van der Waals surface area contributed by atoms with Gasteiger partial charge in [0.05, 0.1) is 12.2 Å². The van der Waals surface area contributed by atoms with Crippen molar-refractivity contribution in [3.05, 3.63) is 83.7 Å². The molecule has 0 aliphatic carbocycles. The van der Waals surface area contributed by atoms with Crippen molar-refractivity contribution >= 4 is 10.0 Å². The van der Waals surface area contributed by atoms with Crippen LogP contribution in [0.25, 0.3) is 0 Å². The molecule has 2 aromatic carbocycles. The molecule has 0 amide bonds. The lowest BCUT2D eigenvalue weighted by Crippen LogP contribution is -2.30. The molecule has 3 aromatic rings. The van der Waals surface area contributed by atoms with Crippen molar-refractivity contribution in [2.75, 3.05) is 6.54 Å². The Morgan fingerprint density at radius 2 is 1.54 bits per heavy atom. The maximum atomic E-state index is 13.1. The molecule has 0 aliphatic heterocycles. The monoisotopic (exact) mass is 369 g/mol. The van der Waals surface area contributed by atoms with Crippen molar-refractivity contribution in [2.24, 2.45) is 0 Å². The van der Waals surface area contributed by atoms with Crippen LogP contribution >= 0.6 is 0 Å². The molecule has 0 radical (unpaired) electrons. The van der Waals surface area contributed by atoms with Crippen molar-refractivity contribution in [2.45, 2.75) is 31.8 Å². The summed E-state index contributed by atoms with van der Waals surface area (Å²) in [6, 6.07) is 19.5. The third-order valence-corrected chi connectivity index (χ3v) is 6.28. The Kier molecular flexibility index (Phi) is 5.54. The fourth-order valence-electron chi connectivity index (χ4n) is 2.90. The normalized spacial score (nSPS) is 11.8. The lowest BCUT2D eigenvalue weighted by atomic mass is 10.2. The molecule has 0 N–H and O–H groups in total. The molecule has 26 heavy (non-hydrogen) atoms. The highest BCUT2D eigenvalue weighted by molar-refractivity contribution is 7.89. The van der Waals surface area contributed by atoms with E-state index in [1.165, 1.54) is 4.31 Å². The Labute approximate surface area is 154 Å². The number of aryl methyl sites for hydroxylation is 1. The van der Waals surface area contributed by atoms with Crippen molar-refractivity contribution < 1.29 is 8.42 Å². The molecule has 0 saturated carbocycles. The molecule has 0 aliphatic rings. The largest absolute Gasteiger partial charge is 0.267 e. The van der Waals surface area contributed by atoms with Gasteiger partial charge < -0.3 is 0 Å². The highest BCUT2D eigenvalue weighted by Crippen LogP contribution is 2.21. The zero-order valence-corrected chi connectivity index (χ0v) is 15.9. The van der Waals surface area contributed by atoms with Crippen LogP contribution in [-0.4, -0.2) is 29.0 Å². The summed E-state index contributed by atoms with van der Waals surface area (Å²) >= 11 is 0. The highest BCUT2D eigenvalue weighted by Gasteiger charge is 2.27. The molecule has 6 heteroatoms. The second-order valence-electron chi connectivity index (χ2n) is 6.18. The average molecular weight is 369 g/mol. The van der Waals surface area contributed by atoms with Crippen molar-refractivity contribution in [3.63, 3.8) is 0 Å². The number of hydrogen-bond donors (Lipinski definition) is 0. The van der Waals surface area contributed by atoms with Gasteiger partial charge in [-0.15, -0.1) is 0 Å². The van der Waals surface area contributed by atoms with Crippen LogP contribution in [0.15, 0.2) is 71.8 Å². The molecular weight excluding hydrogens is 346 g/mol. The first kappa shape index (κ1) is 18.4. The van der Waals surface area contributed by atoms with Gasteiger partial charge in [-0.2, -0.15) is 9.40 Å². The second-order valence-corrected chi connectivity index (χ2v) is 8.09. The highest BCUT2D eigenvalue weighted by atomic mass is 32.2. The van der Waals surface area contributed by atoms with Gasteiger partial charge >= 0.3 is 0 Å². The number of benzene rings is 2. The Morgan fingerprint density at radius 3 is 2.12 bits per heavy atom. The summed E-state index contributed by atoms with van der Waals surface area (Å²) in [7, 11) is -3.60. The molecular formula is C20H23N3O2S. The second kappa shape index (κ2) is 7.85. The van der Waals surface area contributed by atoms with Gasteiger partial charge in [-0.25, -0.2) is 8.42 Å². The van der Waals surface area contributed by atoms with E-state index in [0.29, 0.717) is 25.3 Å². The minimum absolute atomic E-state index is 0.270. The molecule has 0 saturated heterocycles. The maximum absolute atomic E-state index is 13.1. The Hall–Kier alpha value is -2.44. The summed E-state index contributed by atoms with van der Waals surface area (Å²) in [4.78, 5) is 0.270. The molecule has 1 aromatic heterocycles. The molecule has 3 rings (SSSR count). The van der Waals surface area contributed by atoms with Gasteiger partial charge in [0.25, 0.3) is 0 Å². The Morgan fingerprint density at radius 1 is 0.962 bits per heavy atom. The number of sulfonamides is 1. The van der Waals surface area contributed by atoms with E-state index in [1.54, 1.807) is 17.8 Å². The molecule has 0 unspecified atom stereocenters. The standard InChI is InChI=1S/C20H23N3O2S/c1-3-23(15-19-12-8-5-9-13-19)26(24,25)20-16-22(21-17(20)2)14-18-10-6-4-7-11-18/h4-13,16H,3,14-15H2,1-2H3. The van der Waals surface area contributed by atoms with Crippen molar-refractivity contribution in [1.29, 1.82) is 0 Å². The predicted molar refractivity (Wildman–Crippen MR) is 102 cm³/mol. The first-order valence-electron chi connectivity index (χ1n) is 8.62.